The second-order valence-electron chi connectivity index (χ2n) is 8.27. The minimum Gasteiger partial charge on any atom is -0.503 e. The molecule has 3 aromatic carbocycles. The van der Waals surface area contributed by atoms with Crippen molar-refractivity contribution in [3.8, 4) is 0 Å². The number of hydrogen-bond donors (Lipinski definition) is 1. The highest BCUT2D eigenvalue weighted by atomic mass is 16.3. The molecule has 0 saturated heterocycles. The number of amides is 1. The molecule has 1 heterocycles. The van der Waals surface area contributed by atoms with E-state index < -0.39 is 0 Å². The number of aliphatic hydroxyl groups is 1. The number of nitrogens with zero attached hydrogens (tertiary/aromatic N) is 1. The topological polar surface area (TPSA) is 40.5 Å². The van der Waals surface area contributed by atoms with E-state index in [0.717, 1.165) is 22.3 Å². The summed E-state index contributed by atoms with van der Waals surface area (Å²) in [7, 11) is 0. The molecular weight excluding hydrogens is 370 g/mol. The zero-order valence-corrected chi connectivity index (χ0v) is 17.7. The van der Waals surface area contributed by atoms with Crippen LogP contribution in [0.1, 0.15) is 53.6 Å². The van der Waals surface area contributed by atoms with Crippen molar-refractivity contribution in [3.63, 3.8) is 0 Å². The highest BCUT2D eigenvalue weighted by Crippen LogP contribution is 2.44. The Bertz CT molecular complexity index is 1060. The summed E-state index contributed by atoms with van der Waals surface area (Å²) in [6.07, 6.45) is 0. The number of carbonyl (C=O) groups excluding carboxylic acids is 1. The van der Waals surface area contributed by atoms with Crippen LogP contribution < -0.4 is 0 Å². The Morgan fingerprint density at radius 3 is 2.13 bits per heavy atom. The highest BCUT2D eigenvalue weighted by Gasteiger charge is 2.40. The molecule has 4 rings (SSSR count). The SMILES string of the molecule is Cc1ccc(C2=C(O)C(=O)N(Cc3ccccc3)[C@H]2c2ccc(C(C)C)cc2)cc1. The minimum absolute atomic E-state index is 0.160. The van der Waals surface area contributed by atoms with Gasteiger partial charge in [0.1, 0.15) is 0 Å². The fourth-order valence-electron chi connectivity index (χ4n) is 4.03. The van der Waals surface area contributed by atoms with Gasteiger partial charge in [-0.2, -0.15) is 0 Å². The van der Waals surface area contributed by atoms with E-state index in [0.29, 0.717) is 18.0 Å². The van der Waals surface area contributed by atoms with Crippen LogP contribution in [-0.2, 0) is 11.3 Å². The average molecular weight is 398 g/mol. The van der Waals surface area contributed by atoms with Crippen molar-refractivity contribution in [1.82, 2.24) is 4.90 Å². The van der Waals surface area contributed by atoms with Gasteiger partial charge in [-0.1, -0.05) is 98.3 Å². The molecule has 1 aliphatic rings. The quantitative estimate of drug-likeness (QED) is 0.559. The van der Waals surface area contributed by atoms with Crippen LogP contribution in [0.5, 0.6) is 0 Å². The zero-order valence-electron chi connectivity index (χ0n) is 17.7. The second-order valence-corrected chi connectivity index (χ2v) is 8.27. The van der Waals surface area contributed by atoms with Crippen molar-refractivity contribution in [2.24, 2.45) is 0 Å². The van der Waals surface area contributed by atoms with Crippen LogP contribution in [0.3, 0.4) is 0 Å². The number of benzene rings is 3. The van der Waals surface area contributed by atoms with Crippen LogP contribution >= 0.6 is 0 Å². The van der Waals surface area contributed by atoms with E-state index in [1.165, 1.54) is 5.56 Å². The van der Waals surface area contributed by atoms with Crippen LogP contribution in [0.25, 0.3) is 5.57 Å². The lowest BCUT2D eigenvalue weighted by molar-refractivity contribution is -0.130. The number of aliphatic hydroxyl groups excluding tert-OH is 1. The fourth-order valence-corrected chi connectivity index (χ4v) is 4.03. The Balaban J connectivity index is 1.80. The Morgan fingerprint density at radius 2 is 1.53 bits per heavy atom. The molecule has 0 radical (unpaired) electrons. The van der Waals surface area contributed by atoms with Crippen molar-refractivity contribution < 1.29 is 9.90 Å². The third-order valence-electron chi connectivity index (χ3n) is 5.78. The lowest BCUT2D eigenvalue weighted by Gasteiger charge is -2.28. The zero-order chi connectivity index (χ0) is 21.3. The lowest BCUT2D eigenvalue weighted by atomic mass is 9.91. The van der Waals surface area contributed by atoms with E-state index in [1.807, 2.05) is 61.5 Å². The largest absolute Gasteiger partial charge is 0.503 e. The second kappa shape index (κ2) is 8.19. The van der Waals surface area contributed by atoms with E-state index in [1.54, 1.807) is 4.90 Å². The molecule has 3 heteroatoms. The van der Waals surface area contributed by atoms with Crippen molar-refractivity contribution >= 4 is 11.5 Å². The Kier molecular flexibility index (Phi) is 5.45. The maximum Gasteiger partial charge on any atom is 0.290 e. The maximum absolute atomic E-state index is 13.1. The highest BCUT2D eigenvalue weighted by molar-refractivity contribution is 6.05. The molecule has 0 aromatic heterocycles. The fraction of sp³-hybridized carbons (Fsp3) is 0.222. The average Bonchev–Trinajstić information content (AvgIpc) is 3.00. The van der Waals surface area contributed by atoms with Gasteiger partial charge in [0.15, 0.2) is 5.76 Å². The van der Waals surface area contributed by atoms with E-state index in [9.17, 15) is 9.90 Å². The number of aryl methyl sites for hydroxylation is 1. The van der Waals surface area contributed by atoms with E-state index in [2.05, 4.69) is 38.1 Å². The lowest BCUT2D eigenvalue weighted by Crippen LogP contribution is -2.29. The molecule has 1 N–H and O–H groups in total. The molecule has 0 saturated carbocycles. The van der Waals surface area contributed by atoms with Crippen LogP contribution in [0.2, 0.25) is 0 Å². The van der Waals surface area contributed by atoms with Crippen molar-refractivity contribution in [1.29, 1.82) is 0 Å². The predicted octanol–water partition coefficient (Wildman–Crippen LogP) is 6.17. The smallest absolute Gasteiger partial charge is 0.290 e. The summed E-state index contributed by atoms with van der Waals surface area (Å²) < 4.78 is 0. The summed E-state index contributed by atoms with van der Waals surface area (Å²) in [6, 6.07) is 26.0. The third-order valence-corrected chi connectivity index (χ3v) is 5.78. The molecule has 0 bridgehead atoms. The van der Waals surface area contributed by atoms with Crippen molar-refractivity contribution in [2.45, 2.75) is 39.3 Å². The Morgan fingerprint density at radius 1 is 0.900 bits per heavy atom. The van der Waals surface area contributed by atoms with Gasteiger partial charge in [0, 0.05) is 12.1 Å². The Hall–Kier alpha value is -3.33. The van der Waals surface area contributed by atoms with Gasteiger partial charge >= 0.3 is 0 Å². The first kappa shape index (κ1) is 20.0. The van der Waals surface area contributed by atoms with Gasteiger partial charge in [0.2, 0.25) is 0 Å². The maximum atomic E-state index is 13.1. The number of rotatable bonds is 5. The summed E-state index contributed by atoms with van der Waals surface area (Å²) in [4.78, 5) is 14.9. The van der Waals surface area contributed by atoms with Crippen molar-refractivity contribution in [3.05, 3.63) is 112 Å². The molecule has 0 spiro atoms. The van der Waals surface area contributed by atoms with Gasteiger partial charge in [-0.05, 0) is 35.1 Å². The van der Waals surface area contributed by atoms with E-state index in [4.69, 9.17) is 0 Å². The molecule has 1 atom stereocenters. The molecular formula is C27H27NO2. The van der Waals surface area contributed by atoms with Crippen LogP contribution in [0.15, 0.2) is 84.6 Å². The molecule has 30 heavy (non-hydrogen) atoms. The molecule has 3 nitrogen and oxygen atoms in total. The van der Waals surface area contributed by atoms with Gasteiger partial charge in [-0.15, -0.1) is 0 Å². The number of carbonyl (C=O) groups is 1. The summed E-state index contributed by atoms with van der Waals surface area (Å²) >= 11 is 0. The molecule has 0 aliphatic carbocycles. The van der Waals surface area contributed by atoms with Crippen LogP contribution in [0.4, 0.5) is 0 Å². The van der Waals surface area contributed by atoms with Crippen molar-refractivity contribution in [2.75, 3.05) is 0 Å². The van der Waals surface area contributed by atoms with E-state index >= 15 is 0 Å². The summed E-state index contributed by atoms with van der Waals surface area (Å²) in [6.45, 7) is 6.80. The van der Waals surface area contributed by atoms with E-state index in [-0.39, 0.29) is 17.7 Å². The first-order chi connectivity index (χ1) is 14.5. The van der Waals surface area contributed by atoms with Gasteiger partial charge in [-0.25, -0.2) is 0 Å². The van der Waals surface area contributed by atoms with Crippen LogP contribution in [0, 0.1) is 6.92 Å². The monoisotopic (exact) mass is 397 g/mol. The van der Waals surface area contributed by atoms with Gasteiger partial charge in [0.05, 0.1) is 6.04 Å². The normalized spacial score (nSPS) is 16.6. The molecule has 0 unspecified atom stereocenters. The van der Waals surface area contributed by atoms with Gasteiger partial charge in [-0.3, -0.25) is 4.79 Å². The minimum atomic E-state index is -0.332. The molecule has 0 fully saturated rings. The summed E-state index contributed by atoms with van der Waals surface area (Å²) in [5, 5.41) is 10.9. The van der Waals surface area contributed by atoms with Crippen LogP contribution in [-0.4, -0.2) is 15.9 Å². The van der Waals surface area contributed by atoms with Gasteiger partial charge in [0.25, 0.3) is 5.91 Å². The molecule has 1 aliphatic heterocycles. The first-order valence-corrected chi connectivity index (χ1v) is 10.4. The standard InChI is InChI=1S/C27H27NO2/c1-18(2)21-13-15-23(16-14-21)25-24(22-11-9-19(3)10-12-22)26(29)27(30)28(25)17-20-7-5-4-6-8-20/h4-16,18,25,29H,17H2,1-3H3/t25-/m0/s1. The Labute approximate surface area is 178 Å². The summed E-state index contributed by atoms with van der Waals surface area (Å²) in [5.74, 6) is -0.0507. The summed E-state index contributed by atoms with van der Waals surface area (Å²) in [5.41, 5.74) is 5.98. The predicted molar refractivity (Wildman–Crippen MR) is 121 cm³/mol. The third kappa shape index (κ3) is 3.76. The van der Waals surface area contributed by atoms with Gasteiger partial charge < -0.3 is 10.0 Å². The molecule has 3 aromatic rings. The first-order valence-electron chi connectivity index (χ1n) is 10.4. The molecule has 1 amide bonds. The number of hydrogen-bond acceptors (Lipinski definition) is 2. The molecule has 152 valence electrons.